The Hall–Kier alpha value is -3.93. The Morgan fingerprint density at radius 2 is 1.14 bits per heavy atom. The van der Waals surface area contributed by atoms with Gasteiger partial charge in [-0.1, -0.05) is 30.3 Å². The first-order chi connectivity index (χ1) is 16.5. The SMILES string of the molecule is Cc1cc(C(=O)O)cc(C)c1C.Cc1cc(C(=O)OCC(=O)OCc2ccccc2)cc(C)c1C. The van der Waals surface area contributed by atoms with Crippen LogP contribution >= 0.6 is 0 Å². The second kappa shape index (κ2) is 12.5. The molecule has 3 aromatic carbocycles. The zero-order chi connectivity index (χ0) is 26.1. The van der Waals surface area contributed by atoms with Crippen molar-refractivity contribution in [3.8, 4) is 0 Å². The highest BCUT2D eigenvalue weighted by Gasteiger charge is 2.13. The first kappa shape index (κ1) is 27.3. The molecule has 0 atom stereocenters. The molecule has 0 fully saturated rings. The van der Waals surface area contributed by atoms with Gasteiger partial charge in [0.2, 0.25) is 0 Å². The van der Waals surface area contributed by atoms with E-state index in [1.165, 1.54) is 5.56 Å². The molecule has 0 bridgehead atoms. The van der Waals surface area contributed by atoms with Gasteiger partial charge in [-0.05, 0) is 105 Å². The van der Waals surface area contributed by atoms with Crippen LogP contribution in [0, 0.1) is 41.5 Å². The van der Waals surface area contributed by atoms with Crippen molar-refractivity contribution in [2.75, 3.05) is 6.61 Å². The summed E-state index contributed by atoms with van der Waals surface area (Å²) in [5, 5.41) is 8.72. The highest BCUT2D eigenvalue weighted by molar-refractivity contribution is 5.91. The molecule has 0 aromatic heterocycles. The van der Waals surface area contributed by atoms with E-state index in [9.17, 15) is 14.4 Å². The molecule has 0 spiro atoms. The second-order valence-electron chi connectivity index (χ2n) is 8.50. The molecule has 6 nitrogen and oxygen atoms in total. The van der Waals surface area contributed by atoms with E-state index in [0.29, 0.717) is 11.1 Å². The Kier molecular flexibility index (Phi) is 9.76. The fraction of sp³-hybridized carbons (Fsp3) is 0.276. The molecule has 0 aliphatic rings. The fourth-order valence-electron chi connectivity index (χ4n) is 3.30. The van der Waals surface area contributed by atoms with Gasteiger partial charge in [-0.15, -0.1) is 0 Å². The van der Waals surface area contributed by atoms with Gasteiger partial charge in [-0.3, -0.25) is 0 Å². The van der Waals surface area contributed by atoms with E-state index in [1.54, 1.807) is 24.3 Å². The van der Waals surface area contributed by atoms with Crippen molar-refractivity contribution in [2.24, 2.45) is 0 Å². The van der Waals surface area contributed by atoms with Gasteiger partial charge in [-0.25, -0.2) is 14.4 Å². The van der Waals surface area contributed by atoms with Crippen LogP contribution in [0.4, 0.5) is 0 Å². The normalized spacial score (nSPS) is 10.1. The number of ether oxygens (including phenoxy) is 2. The number of carboxylic acid groups (broad SMARTS) is 1. The van der Waals surface area contributed by atoms with Crippen molar-refractivity contribution >= 4 is 17.9 Å². The lowest BCUT2D eigenvalue weighted by Gasteiger charge is -2.09. The summed E-state index contributed by atoms with van der Waals surface area (Å²) in [4.78, 5) is 34.3. The standard InChI is InChI=1S/C19H20O4.C10H12O2/c1-13-9-17(10-14(2)15(13)3)19(21)23-12-18(20)22-11-16-7-5-4-6-8-16;1-6-4-9(10(11)12)5-7(2)8(6)3/h4-10H,11-12H2,1-3H3;4-5H,1-3H3,(H,11,12). The van der Waals surface area contributed by atoms with E-state index >= 15 is 0 Å². The zero-order valence-electron chi connectivity index (χ0n) is 21.1. The molecule has 3 aromatic rings. The van der Waals surface area contributed by atoms with Crippen molar-refractivity contribution in [2.45, 2.75) is 48.1 Å². The van der Waals surface area contributed by atoms with Crippen molar-refractivity contribution in [3.05, 3.63) is 105 Å². The molecule has 184 valence electrons. The van der Waals surface area contributed by atoms with Crippen LogP contribution in [-0.4, -0.2) is 29.6 Å². The van der Waals surface area contributed by atoms with Gasteiger partial charge in [0, 0.05) is 0 Å². The van der Waals surface area contributed by atoms with Gasteiger partial charge in [0.15, 0.2) is 6.61 Å². The zero-order valence-corrected chi connectivity index (χ0v) is 21.1. The van der Waals surface area contributed by atoms with E-state index in [1.807, 2.05) is 71.9 Å². The Balaban J connectivity index is 0.000000303. The van der Waals surface area contributed by atoms with E-state index in [0.717, 1.165) is 33.4 Å². The molecule has 0 saturated carbocycles. The molecule has 0 heterocycles. The highest BCUT2D eigenvalue weighted by atomic mass is 16.6. The Bertz CT molecular complexity index is 1170. The number of carbonyl (C=O) groups excluding carboxylic acids is 2. The van der Waals surface area contributed by atoms with Crippen LogP contribution in [-0.2, 0) is 20.9 Å². The quantitative estimate of drug-likeness (QED) is 0.451. The van der Waals surface area contributed by atoms with Gasteiger partial charge in [-0.2, -0.15) is 0 Å². The van der Waals surface area contributed by atoms with Gasteiger partial charge in [0.1, 0.15) is 6.61 Å². The van der Waals surface area contributed by atoms with Gasteiger partial charge >= 0.3 is 17.9 Å². The van der Waals surface area contributed by atoms with E-state index in [-0.39, 0.29) is 6.61 Å². The maximum atomic E-state index is 12.0. The van der Waals surface area contributed by atoms with Crippen molar-refractivity contribution in [3.63, 3.8) is 0 Å². The molecule has 0 aliphatic carbocycles. The summed E-state index contributed by atoms with van der Waals surface area (Å²) < 4.78 is 10.1. The molecule has 0 radical (unpaired) electrons. The maximum Gasteiger partial charge on any atom is 0.344 e. The molecule has 35 heavy (non-hydrogen) atoms. The lowest BCUT2D eigenvalue weighted by molar-refractivity contribution is -0.148. The topological polar surface area (TPSA) is 89.9 Å². The second-order valence-corrected chi connectivity index (χ2v) is 8.50. The minimum Gasteiger partial charge on any atom is -0.478 e. The lowest BCUT2D eigenvalue weighted by Crippen LogP contribution is -2.16. The third-order valence-electron chi connectivity index (χ3n) is 5.90. The molecule has 0 saturated heterocycles. The highest BCUT2D eigenvalue weighted by Crippen LogP contribution is 2.16. The van der Waals surface area contributed by atoms with Crippen LogP contribution in [0.1, 0.15) is 59.7 Å². The number of aromatic carboxylic acids is 1. The van der Waals surface area contributed by atoms with Crippen molar-refractivity contribution in [1.82, 2.24) is 0 Å². The van der Waals surface area contributed by atoms with Gasteiger partial charge < -0.3 is 14.6 Å². The van der Waals surface area contributed by atoms with Gasteiger partial charge in [0.05, 0.1) is 11.1 Å². The predicted octanol–water partition coefficient (Wildman–Crippen LogP) is 5.82. The van der Waals surface area contributed by atoms with Crippen LogP contribution in [0.3, 0.4) is 0 Å². The summed E-state index contributed by atoms with van der Waals surface area (Å²) in [6.07, 6.45) is 0. The van der Waals surface area contributed by atoms with E-state index < -0.39 is 24.5 Å². The van der Waals surface area contributed by atoms with E-state index in [4.69, 9.17) is 14.6 Å². The summed E-state index contributed by atoms with van der Waals surface area (Å²) in [5.41, 5.74) is 8.12. The number of carbonyl (C=O) groups is 3. The Morgan fingerprint density at radius 3 is 1.60 bits per heavy atom. The van der Waals surface area contributed by atoms with Crippen LogP contribution in [0.25, 0.3) is 0 Å². The molecular formula is C29H32O6. The summed E-state index contributed by atoms with van der Waals surface area (Å²) in [5.74, 6) is -1.95. The van der Waals surface area contributed by atoms with Crippen LogP contribution in [0.15, 0.2) is 54.6 Å². The summed E-state index contributed by atoms with van der Waals surface area (Å²) >= 11 is 0. The molecule has 6 heteroatoms. The number of benzene rings is 3. The monoisotopic (exact) mass is 476 g/mol. The molecule has 0 aliphatic heterocycles. The fourth-order valence-corrected chi connectivity index (χ4v) is 3.30. The lowest BCUT2D eigenvalue weighted by atomic mass is 10.0. The maximum absolute atomic E-state index is 12.0. The third kappa shape index (κ3) is 8.10. The third-order valence-corrected chi connectivity index (χ3v) is 5.90. The van der Waals surface area contributed by atoms with Crippen molar-refractivity contribution in [1.29, 1.82) is 0 Å². The van der Waals surface area contributed by atoms with E-state index in [2.05, 4.69) is 0 Å². The smallest absolute Gasteiger partial charge is 0.344 e. The minimum absolute atomic E-state index is 0.167. The number of aryl methyl sites for hydroxylation is 4. The number of rotatable bonds is 6. The summed E-state index contributed by atoms with van der Waals surface area (Å²) in [6, 6.07) is 16.3. The number of hydrogen-bond acceptors (Lipinski definition) is 5. The predicted molar refractivity (Wildman–Crippen MR) is 135 cm³/mol. The van der Waals surface area contributed by atoms with Crippen LogP contribution in [0.2, 0.25) is 0 Å². The summed E-state index contributed by atoms with van der Waals surface area (Å²) in [7, 11) is 0. The number of esters is 2. The Morgan fingerprint density at radius 1 is 0.686 bits per heavy atom. The van der Waals surface area contributed by atoms with Crippen molar-refractivity contribution < 1.29 is 29.0 Å². The number of hydrogen-bond donors (Lipinski definition) is 1. The number of carboxylic acids is 1. The molecule has 1 N–H and O–H groups in total. The first-order valence-corrected chi connectivity index (χ1v) is 11.2. The van der Waals surface area contributed by atoms with Crippen LogP contribution in [0.5, 0.6) is 0 Å². The minimum atomic E-state index is -0.860. The average molecular weight is 477 g/mol. The molecule has 0 unspecified atom stereocenters. The van der Waals surface area contributed by atoms with Gasteiger partial charge in [0.25, 0.3) is 0 Å². The molecular weight excluding hydrogens is 444 g/mol. The Labute approximate surface area is 206 Å². The summed E-state index contributed by atoms with van der Waals surface area (Å²) in [6.45, 7) is 11.5. The first-order valence-electron chi connectivity index (χ1n) is 11.2. The molecule has 0 amide bonds. The molecule has 3 rings (SSSR count). The largest absolute Gasteiger partial charge is 0.478 e. The van der Waals surface area contributed by atoms with Crippen LogP contribution < -0.4 is 0 Å². The average Bonchev–Trinajstić information content (AvgIpc) is 2.83.